The molecule has 5 nitrogen and oxygen atoms in total. The second kappa shape index (κ2) is 6.22. The molecular weight excluding hydrogens is 226 g/mol. The van der Waals surface area contributed by atoms with Gasteiger partial charge in [0, 0.05) is 18.7 Å². The minimum Gasteiger partial charge on any atom is -0.397 e. The Labute approximate surface area is 98.6 Å². The van der Waals surface area contributed by atoms with E-state index in [1.807, 2.05) is 0 Å². The molecule has 0 spiro atoms. The number of rotatable bonds is 6. The Morgan fingerprint density at radius 2 is 2.31 bits per heavy atom. The number of hydrogen-bond donors (Lipinski definition) is 2. The van der Waals surface area contributed by atoms with Crippen LogP contribution in [0.3, 0.4) is 0 Å². The van der Waals surface area contributed by atoms with Crippen molar-refractivity contribution in [1.29, 1.82) is 0 Å². The second-order valence-electron chi connectivity index (χ2n) is 3.30. The van der Waals surface area contributed by atoms with Crippen molar-refractivity contribution in [3.05, 3.63) is 28.3 Å². The lowest BCUT2D eigenvalue weighted by Gasteiger charge is -2.08. The van der Waals surface area contributed by atoms with Crippen molar-refractivity contribution in [2.75, 3.05) is 29.6 Å². The van der Waals surface area contributed by atoms with Crippen LogP contribution in [0.1, 0.15) is 6.42 Å². The third kappa shape index (κ3) is 3.62. The zero-order valence-electron chi connectivity index (χ0n) is 9.10. The molecule has 0 aliphatic rings. The van der Waals surface area contributed by atoms with Gasteiger partial charge in [-0.15, -0.1) is 0 Å². The summed E-state index contributed by atoms with van der Waals surface area (Å²) < 4.78 is 0. The first-order chi connectivity index (χ1) is 7.65. The number of nitro groups is 1. The van der Waals surface area contributed by atoms with Crippen molar-refractivity contribution < 1.29 is 4.92 Å². The SMILES string of the molecule is CSCCCNc1ccc([N+](=O)[O-])cc1N. The molecule has 6 heteroatoms. The fraction of sp³-hybridized carbons (Fsp3) is 0.400. The van der Waals surface area contributed by atoms with Crippen LogP contribution < -0.4 is 11.1 Å². The highest BCUT2D eigenvalue weighted by molar-refractivity contribution is 7.98. The maximum atomic E-state index is 10.5. The summed E-state index contributed by atoms with van der Waals surface area (Å²) in [6, 6.07) is 4.47. The Balaban J connectivity index is 2.57. The summed E-state index contributed by atoms with van der Waals surface area (Å²) in [5.74, 6) is 1.08. The Kier molecular flexibility index (Phi) is 4.91. The number of anilines is 2. The van der Waals surface area contributed by atoms with Crippen LogP contribution in [0.2, 0.25) is 0 Å². The van der Waals surface area contributed by atoms with Crippen molar-refractivity contribution in [3.63, 3.8) is 0 Å². The van der Waals surface area contributed by atoms with Crippen LogP contribution in [-0.4, -0.2) is 23.5 Å². The minimum atomic E-state index is -0.451. The average molecular weight is 241 g/mol. The lowest BCUT2D eigenvalue weighted by Crippen LogP contribution is -2.05. The van der Waals surface area contributed by atoms with Crippen molar-refractivity contribution >= 4 is 28.8 Å². The number of nitrogens with two attached hydrogens (primary N) is 1. The van der Waals surface area contributed by atoms with Crippen LogP contribution in [0.25, 0.3) is 0 Å². The zero-order valence-corrected chi connectivity index (χ0v) is 9.92. The third-order valence-electron chi connectivity index (χ3n) is 2.09. The molecule has 0 aromatic heterocycles. The zero-order chi connectivity index (χ0) is 12.0. The highest BCUT2D eigenvalue weighted by atomic mass is 32.2. The Morgan fingerprint density at radius 1 is 1.56 bits per heavy atom. The normalized spacial score (nSPS) is 10.1. The molecule has 0 fully saturated rings. The van der Waals surface area contributed by atoms with Gasteiger partial charge in [0.05, 0.1) is 16.3 Å². The molecule has 16 heavy (non-hydrogen) atoms. The molecule has 0 amide bonds. The van der Waals surface area contributed by atoms with E-state index in [0.29, 0.717) is 5.69 Å². The summed E-state index contributed by atoms with van der Waals surface area (Å²) in [7, 11) is 0. The van der Waals surface area contributed by atoms with Gasteiger partial charge in [0.25, 0.3) is 5.69 Å². The molecule has 3 N–H and O–H groups in total. The van der Waals surface area contributed by atoms with E-state index in [1.165, 1.54) is 12.1 Å². The van der Waals surface area contributed by atoms with Crippen LogP contribution in [0, 0.1) is 10.1 Å². The Morgan fingerprint density at radius 3 is 2.88 bits per heavy atom. The van der Waals surface area contributed by atoms with E-state index in [2.05, 4.69) is 11.6 Å². The molecule has 0 saturated heterocycles. The molecule has 1 rings (SSSR count). The molecule has 0 radical (unpaired) electrons. The third-order valence-corrected chi connectivity index (χ3v) is 2.78. The summed E-state index contributed by atoms with van der Waals surface area (Å²) in [6.07, 6.45) is 3.10. The van der Waals surface area contributed by atoms with Crippen molar-refractivity contribution in [2.45, 2.75) is 6.42 Å². The van der Waals surface area contributed by atoms with Gasteiger partial charge in [0.1, 0.15) is 0 Å². The quantitative estimate of drug-likeness (QED) is 0.346. The first-order valence-corrected chi connectivity index (χ1v) is 6.31. The van der Waals surface area contributed by atoms with Gasteiger partial charge in [-0.2, -0.15) is 11.8 Å². The molecule has 0 saturated carbocycles. The lowest BCUT2D eigenvalue weighted by molar-refractivity contribution is -0.384. The predicted molar refractivity (Wildman–Crippen MR) is 69.0 cm³/mol. The van der Waals surface area contributed by atoms with E-state index in [1.54, 1.807) is 17.8 Å². The largest absolute Gasteiger partial charge is 0.397 e. The highest BCUT2D eigenvalue weighted by Gasteiger charge is 2.07. The van der Waals surface area contributed by atoms with E-state index in [0.717, 1.165) is 24.4 Å². The maximum absolute atomic E-state index is 10.5. The summed E-state index contributed by atoms with van der Waals surface area (Å²) >= 11 is 1.79. The van der Waals surface area contributed by atoms with E-state index < -0.39 is 4.92 Å². The fourth-order valence-electron chi connectivity index (χ4n) is 1.26. The summed E-state index contributed by atoms with van der Waals surface area (Å²) in [4.78, 5) is 10.0. The first kappa shape index (κ1) is 12.6. The van der Waals surface area contributed by atoms with Gasteiger partial charge >= 0.3 is 0 Å². The van der Waals surface area contributed by atoms with Gasteiger partial charge in [-0.25, -0.2) is 0 Å². The van der Waals surface area contributed by atoms with Crippen LogP contribution >= 0.6 is 11.8 Å². The molecule has 0 atom stereocenters. The molecule has 0 aliphatic heterocycles. The minimum absolute atomic E-state index is 0.0205. The summed E-state index contributed by atoms with van der Waals surface area (Å²) in [6.45, 7) is 0.822. The number of thioether (sulfide) groups is 1. The lowest BCUT2D eigenvalue weighted by atomic mass is 10.2. The topological polar surface area (TPSA) is 81.2 Å². The van der Waals surface area contributed by atoms with Crippen LogP contribution in [0.15, 0.2) is 18.2 Å². The van der Waals surface area contributed by atoms with Crippen LogP contribution in [-0.2, 0) is 0 Å². The standard InChI is InChI=1S/C10H15N3O2S/c1-16-6-2-5-12-10-4-3-8(13(14)15)7-9(10)11/h3-4,7,12H,2,5-6,11H2,1H3. The van der Waals surface area contributed by atoms with Gasteiger partial charge in [0.2, 0.25) is 0 Å². The maximum Gasteiger partial charge on any atom is 0.271 e. The fourth-order valence-corrected chi connectivity index (χ4v) is 1.70. The molecule has 0 bridgehead atoms. The molecule has 1 aromatic rings. The van der Waals surface area contributed by atoms with Crippen LogP contribution in [0.4, 0.5) is 17.1 Å². The van der Waals surface area contributed by atoms with Gasteiger partial charge < -0.3 is 11.1 Å². The van der Waals surface area contributed by atoms with Crippen LogP contribution in [0.5, 0.6) is 0 Å². The van der Waals surface area contributed by atoms with Gasteiger partial charge in [0.15, 0.2) is 0 Å². The number of nitrogen functional groups attached to an aromatic ring is 1. The summed E-state index contributed by atoms with van der Waals surface area (Å²) in [5, 5.41) is 13.6. The van der Waals surface area contributed by atoms with Gasteiger partial charge in [-0.3, -0.25) is 10.1 Å². The average Bonchev–Trinajstić information content (AvgIpc) is 2.26. The Bertz CT molecular complexity index is 371. The van der Waals surface area contributed by atoms with Crippen molar-refractivity contribution in [3.8, 4) is 0 Å². The number of benzene rings is 1. The number of hydrogen-bond acceptors (Lipinski definition) is 5. The predicted octanol–water partition coefficient (Wildman–Crippen LogP) is 2.34. The van der Waals surface area contributed by atoms with E-state index in [4.69, 9.17) is 5.73 Å². The molecule has 0 heterocycles. The molecule has 1 aromatic carbocycles. The number of non-ortho nitro benzene ring substituents is 1. The van der Waals surface area contributed by atoms with Crippen molar-refractivity contribution in [2.24, 2.45) is 0 Å². The molecular formula is C10H15N3O2S. The molecule has 88 valence electrons. The smallest absolute Gasteiger partial charge is 0.271 e. The monoisotopic (exact) mass is 241 g/mol. The highest BCUT2D eigenvalue weighted by Crippen LogP contribution is 2.23. The second-order valence-corrected chi connectivity index (χ2v) is 4.29. The number of nitro benzene ring substituents is 1. The van der Waals surface area contributed by atoms with Gasteiger partial charge in [-0.1, -0.05) is 0 Å². The molecule has 0 unspecified atom stereocenters. The summed E-state index contributed by atoms with van der Waals surface area (Å²) in [5.41, 5.74) is 6.89. The van der Waals surface area contributed by atoms with E-state index in [9.17, 15) is 10.1 Å². The van der Waals surface area contributed by atoms with E-state index >= 15 is 0 Å². The van der Waals surface area contributed by atoms with Gasteiger partial charge in [-0.05, 0) is 24.5 Å². The van der Waals surface area contributed by atoms with Crippen molar-refractivity contribution in [1.82, 2.24) is 0 Å². The first-order valence-electron chi connectivity index (χ1n) is 4.92. The number of nitrogens with zero attached hydrogens (tertiary/aromatic N) is 1. The molecule has 0 aliphatic carbocycles. The van der Waals surface area contributed by atoms with E-state index in [-0.39, 0.29) is 5.69 Å². The Hall–Kier alpha value is -1.43. The number of nitrogens with one attached hydrogen (secondary N) is 1.